The van der Waals surface area contributed by atoms with Crippen molar-refractivity contribution in [1.82, 2.24) is 9.80 Å². The van der Waals surface area contributed by atoms with Crippen molar-refractivity contribution in [1.29, 1.82) is 0 Å². The zero-order chi connectivity index (χ0) is 18.5. The molecule has 138 valence electrons. The second kappa shape index (κ2) is 8.27. The number of ether oxygens (including phenoxy) is 1. The monoisotopic (exact) mass is 360 g/mol. The van der Waals surface area contributed by atoms with Gasteiger partial charge in [-0.15, -0.1) is 0 Å². The normalized spacial score (nSPS) is 15.8. The van der Waals surface area contributed by atoms with Crippen LogP contribution in [0.2, 0.25) is 0 Å². The molecule has 3 rings (SSSR count). The van der Waals surface area contributed by atoms with Crippen LogP contribution in [0.1, 0.15) is 17.5 Å². The molecule has 2 aromatic rings. The summed E-state index contributed by atoms with van der Waals surface area (Å²) in [7, 11) is 1.50. The lowest BCUT2D eigenvalue weighted by molar-refractivity contribution is -0.130. The van der Waals surface area contributed by atoms with Crippen LogP contribution in [0.3, 0.4) is 0 Å². The van der Waals surface area contributed by atoms with Crippen LogP contribution >= 0.6 is 0 Å². The van der Waals surface area contributed by atoms with Gasteiger partial charge in [-0.3, -0.25) is 9.69 Å². The lowest BCUT2D eigenvalue weighted by Crippen LogP contribution is -2.32. The summed E-state index contributed by atoms with van der Waals surface area (Å²) < 4.78 is 32.5. The van der Waals surface area contributed by atoms with E-state index in [9.17, 15) is 13.6 Å². The summed E-state index contributed by atoms with van der Waals surface area (Å²) >= 11 is 0. The van der Waals surface area contributed by atoms with Gasteiger partial charge in [0.1, 0.15) is 17.4 Å². The first-order chi connectivity index (χ1) is 12.5. The first-order valence-corrected chi connectivity index (χ1v) is 8.62. The largest absolute Gasteiger partial charge is 0.497 e. The predicted molar refractivity (Wildman–Crippen MR) is 94.7 cm³/mol. The van der Waals surface area contributed by atoms with E-state index in [0.29, 0.717) is 50.5 Å². The van der Waals surface area contributed by atoms with Crippen LogP contribution in [-0.2, 0) is 17.9 Å². The molecule has 1 aliphatic rings. The standard InChI is InChI=1S/C20H22F2N2O2/c1-26-18-6-5-16(19(22)12-18)14-23-8-7-20(25)24(10-9-23)13-15-3-2-4-17(21)11-15/h2-6,11-12H,7-10,13-14H2,1H3. The maximum Gasteiger partial charge on any atom is 0.224 e. The summed E-state index contributed by atoms with van der Waals surface area (Å²) in [5, 5.41) is 0. The summed E-state index contributed by atoms with van der Waals surface area (Å²) in [6.45, 7) is 2.59. The third-order valence-electron chi connectivity index (χ3n) is 4.60. The Labute approximate surface area is 152 Å². The van der Waals surface area contributed by atoms with Gasteiger partial charge in [0.2, 0.25) is 5.91 Å². The number of carbonyl (C=O) groups excluding carboxylic acids is 1. The molecule has 0 N–H and O–H groups in total. The molecule has 1 aliphatic heterocycles. The number of methoxy groups -OCH3 is 1. The molecule has 1 amide bonds. The highest BCUT2D eigenvalue weighted by Crippen LogP contribution is 2.19. The van der Waals surface area contributed by atoms with Crippen molar-refractivity contribution < 1.29 is 18.3 Å². The topological polar surface area (TPSA) is 32.8 Å². The molecule has 0 saturated carbocycles. The van der Waals surface area contributed by atoms with E-state index in [4.69, 9.17) is 4.74 Å². The Kier molecular flexibility index (Phi) is 5.83. The molecule has 1 saturated heterocycles. The van der Waals surface area contributed by atoms with Crippen molar-refractivity contribution in [3.05, 3.63) is 65.2 Å². The van der Waals surface area contributed by atoms with E-state index in [-0.39, 0.29) is 17.5 Å². The SMILES string of the molecule is COc1ccc(CN2CCC(=O)N(Cc3cccc(F)c3)CC2)c(F)c1. The van der Waals surface area contributed by atoms with Gasteiger partial charge in [-0.2, -0.15) is 0 Å². The van der Waals surface area contributed by atoms with Gasteiger partial charge in [-0.1, -0.05) is 18.2 Å². The van der Waals surface area contributed by atoms with Crippen LogP contribution in [0.5, 0.6) is 5.75 Å². The highest BCUT2D eigenvalue weighted by Gasteiger charge is 2.22. The van der Waals surface area contributed by atoms with Crippen LogP contribution in [0.25, 0.3) is 0 Å². The highest BCUT2D eigenvalue weighted by molar-refractivity contribution is 5.76. The van der Waals surface area contributed by atoms with Crippen LogP contribution in [0, 0.1) is 11.6 Å². The summed E-state index contributed by atoms with van der Waals surface area (Å²) in [4.78, 5) is 16.2. The maximum absolute atomic E-state index is 14.2. The zero-order valence-electron chi connectivity index (χ0n) is 14.8. The molecular formula is C20H22F2N2O2. The number of amides is 1. The first kappa shape index (κ1) is 18.3. The van der Waals surface area contributed by atoms with E-state index in [0.717, 1.165) is 5.56 Å². The average molecular weight is 360 g/mol. The Bertz CT molecular complexity index is 782. The fraction of sp³-hybridized carbons (Fsp3) is 0.350. The van der Waals surface area contributed by atoms with E-state index < -0.39 is 0 Å². The third kappa shape index (κ3) is 4.58. The number of nitrogens with zero attached hydrogens (tertiary/aromatic N) is 2. The fourth-order valence-corrected chi connectivity index (χ4v) is 3.12. The van der Waals surface area contributed by atoms with Gasteiger partial charge in [0, 0.05) is 50.8 Å². The molecule has 6 heteroatoms. The molecule has 2 aromatic carbocycles. The highest BCUT2D eigenvalue weighted by atomic mass is 19.1. The first-order valence-electron chi connectivity index (χ1n) is 8.62. The van der Waals surface area contributed by atoms with Gasteiger partial charge < -0.3 is 9.64 Å². The Morgan fingerprint density at radius 1 is 1.04 bits per heavy atom. The average Bonchev–Trinajstić information content (AvgIpc) is 2.79. The Balaban J connectivity index is 1.62. The summed E-state index contributed by atoms with van der Waals surface area (Å²) in [5.74, 6) is -0.0940. The van der Waals surface area contributed by atoms with Gasteiger partial charge in [0.05, 0.1) is 7.11 Å². The van der Waals surface area contributed by atoms with Gasteiger partial charge in [-0.25, -0.2) is 8.78 Å². The molecule has 26 heavy (non-hydrogen) atoms. The second-order valence-corrected chi connectivity index (χ2v) is 6.43. The van der Waals surface area contributed by atoms with Crippen molar-refractivity contribution >= 4 is 5.91 Å². The van der Waals surface area contributed by atoms with Crippen molar-refractivity contribution in [2.24, 2.45) is 0 Å². The Morgan fingerprint density at radius 2 is 1.88 bits per heavy atom. The number of hydrogen-bond donors (Lipinski definition) is 0. The minimum absolute atomic E-state index is 0.0342. The molecule has 0 aromatic heterocycles. The Hall–Kier alpha value is -2.47. The molecule has 0 atom stereocenters. The maximum atomic E-state index is 14.2. The van der Waals surface area contributed by atoms with Crippen molar-refractivity contribution in [2.75, 3.05) is 26.7 Å². The lowest BCUT2D eigenvalue weighted by atomic mass is 10.2. The zero-order valence-corrected chi connectivity index (χ0v) is 14.8. The second-order valence-electron chi connectivity index (χ2n) is 6.43. The van der Waals surface area contributed by atoms with Crippen LogP contribution in [0.4, 0.5) is 8.78 Å². The third-order valence-corrected chi connectivity index (χ3v) is 4.60. The van der Waals surface area contributed by atoms with Crippen LogP contribution in [0.15, 0.2) is 42.5 Å². The Morgan fingerprint density at radius 3 is 2.62 bits per heavy atom. The van der Waals surface area contributed by atoms with Crippen molar-refractivity contribution in [2.45, 2.75) is 19.5 Å². The minimum Gasteiger partial charge on any atom is -0.497 e. The van der Waals surface area contributed by atoms with Gasteiger partial charge in [0.25, 0.3) is 0 Å². The van der Waals surface area contributed by atoms with Crippen LogP contribution < -0.4 is 4.74 Å². The molecule has 0 unspecified atom stereocenters. The number of carbonyl (C=O) groups is 1. The molecule has 0 spiro atoms. The van der Waals surface area contributed by atoms with Gasteiger partial charge >= 0.3 is 0 Å². The van der Waals surface area contributed by atoms with Crippen molar-refractivity contribution in [3.63, 3.8) is 0 Å². The molecule has 1 fully saturated rings. The van der Waals surface area contributed by atoms with E-state index >= 15 is 0 Å². The summed E-state index contributed by atoms with van der Waals surface area (Å²) in [6.07, 6.45) is 0.368. The molecule has 0 radical (unpaired) electrons. The minimum atomic E-state index is -0.309. The fourth-order valence-electron chi connectivity index (χ4n) is 3.12. The van der Waals surface area contributed by atoms with E-state index in [1.165, 1.54) is 25.3 Å². The molecule has 0 bridgehead atoms. The summed E-state index contributed by atoms with van der Waals surface area (Å²) in [6, 6.07) is 11.1. The molecule has 1 heterocycles. The van der Waals surface area contributed by atoms with Crippen LogP contribution in [-0.4, -0.2) is 42.5 Å². The molecule has 0 aliphatic carbocycles. The van der Waals surface area contributed by atoms with Gasteiger partial charge in [0.15, 0.2) is 0 Å². The quantitative estimate of drug-likeness (QED) is 0.821. The van der Waals surface area contributed by atoms with Crippen molar-refractivity contribution in [3.8, 4) is 5.75 Å². The van der Waals surface area contributed by atoms with E-state index in [1.54, 1.807) is 23.1 Å². The number of rotatable bonds is 5. The molecular weight excluding hydrogens is 338 g/mol. The van der Waals surface area contributed by atoms with Gasteiger partial charge in [-0.05, 0) is 23.8 Å². The lowest BCUT2D eigenvalue weighted by Gasteiger charge is -2.22. The number of benzene rings is 2. The van der Waals surface area contributed by atoms with E-state index in [1.807, 2.05) is 6.07 Å². The smallest absolute Gasteiger partial charge is 0.224 e. The summed E-state index contributed by atoms with van der Waals surface area (Å²) in [5.41, 5.74) is 1.35. The number of halogens is 2. The molecule has 4 nitrogen and oxygen atoms in total. The van der Waals surface area contributed by atoms with E-state index in [2.05, 4.69) is 4.90 Å². The number of hydrogen-bond acceptors (Lipinski definition) is 3. The predicted octanol–water partition coefficient (Wildman–Crippen LogP) is 3.21.